The van der Waals surface area contributed by atoms with E-state index in [-0.39, 0.29) is 12.5 Å². The second kappa shape index (κ2) is 10.4. The van der Waals surface area contributed by atoms with E-state index in [4.69, 9.17) is 10.5 Å². The molecule has 0 radical (unpaired) electrons. The molecular formula is C26H33N5O3. The fraction of sp³-hybridized carbons (Fsp3) is 0.423. The molecule has 1 atom stereocenters. The van der Waals surface area contributed by atoms with Crippen LogP contribution in [0.3, 0.4) is 0 Å². The van der Waals surface area contributed by atoms with Gasteiger partial charge in [0.1, 0.15) is 5.75 Å². The number of hydrogen-bond acceptors (Lipinski definition) is 7. The Morgan fingerprint density at radius 3 is 3.00 bits per heavy atom. The number of rotatable bonds is 8. The lowest BCUT2D eigenvalue weighted by Gasteiger charge is -2.42. The second-order valence-corrected chi connectivity index (χ2v) is 9.10. The van der Waals surface area contributed by atoms with Crippen LogP contribution in [0.4, 0.5) is 5.69 Å². The number of amides is 1. The molecule has 180 valence electrons. The molecule has 1 aromatic carbocycles. The maximum atomic E-state index is 13.1. The summed E-state index contributed by atoms with van der Waals surface area (Å²) in [4.78, 5) is 25.8. The van der Waals surface area contributed by atoms with Gasteiger partial charge in [0.05, 0.1) is 24.3 Å². The Morgan fingerprint density at radius 2 is 2.18 bits per heavy atom. The Morgan fingerprint density at radius 1 is 1.32 bits per heavy atom. The van der Waals surface area contributed by atoms with Crippen molar-refractivity contribution in [3.8, 4) is 5.75 Å². The maximum absolute atomic E-state index is 13.1. The highest BCUT2D eigenvalue weighted by atomic mass is 16.5. The van der Waals surface area contributed by atoms with Crippen LogP contribution in [0.2, 0.25) is 0 Å². The molecular weight excluding hydrogens is 430 g/mol. The summed E-state index contributed by atoms with van der Waals surface area (Å²) in [5.74, 6) is 0.494. The number of carbonyl (C=O) groups excluding carboxylic acids is 1. The standard InChI is InChI=1S/C26H33N5O3/c1-19-14-24(22-16-28-11-8-23(22)29-19)31-12-4-9-26(33,18-31)17-30(2)25(32)20-6-3-7-21(15-20)34-13-5-10-27/h3,6-8,11,14-16,33H,4-5,9-10,12-13,17-18,27H2,1-2H3. The number of aliphatic hydroxyl groups is 1. The molecule has 3 N–H and O–H groups in total. The average molecular weight is 464 g/mol. The quantitative estimate of drug-likeness (QED) is 0.495. The van der Waals surface area contributed by atoms with E-state index < -0.39 is 5.60 Å². The van der Waals surface area contributed by atoms with Gasteiger partial charge in [0, 0.05) is 54.9 Å². The topological polar surface area (TPSA) is 105 Å². The first-order valence-corrected chi connectivity index (χ1v) is 11.8. The van der Waals surface area contributed by atoms with Gasteiger partial charge in [0.2, 0.25) is 0 Å². The molecule has 1 amide bonds. The summed E-state index contributed by atoms with van der Waals surface area (Å²) in [7, 11) is 1.73. The SMILES string of the molecule is Cc1cc(N2CCCC(O)(CN(C)C(=O)c3cccc(OCCCN)c3)C2)c2cnccc2n1. The van der Waals surface area contributed by atoms with Crippen molar-refractivity contribution < 1.29 is 14.6 Å². The van der Waals surface area contributed by atoms with E-state index in [9.17, 15) is 9.90 Å². The molecule has 0 spiro atoms. The molecule has 0 bridgehead atoms. The molecule has 3 aromatic rings. The second-order valence-electron chi connectivity index (χ2n) is 9.10. The van der Waals surface area contributed by atoms with Gasteiger partial charge in [-0.3, -0.25) is 14.8 Å². The minimum Gasteiger partial charge on any atom is -0.494 e. The summed E-state index contributed by atoms with van der Waals surface area (Å²) >= 11 is 0. The van der Waals surface area contributed by atoms with Crippen molar-refractivity contribution in [1.29, 1.82) is 0 Å². The Labute approximate surface area is 200 Å². The average Bonchev–Trinajstić information content (AvgIpc) is 2.83. The smallest absolute Gasteiger partial charge is 0.253 e. The van der Waals surface area contributed by atoms with Gasteiger partial charge in [-0.25, -0.2) is 0 Å². The van der Waals surface area contributed by atoms with Crippen LogP contribution < -0.4 is 15.4 Å². The van der Waals surface area contributed by atoms with E-state index in [1.54, 1.807) is 36.3 Å². The maximum Gasteiger partial charge on any atom is 0.253 e. The molecule has 3 heterocycles. The first-order chi connectivity index (χ1) is 16.4. The van der Waals surface area contributed by atoms with Gasteiger partial charge >= 0.3 is 0 Å². The van der Waals surface area contributed by atoms with Crippen LogP contribution in [-0.4, -0.2) is 71.3 Å². The highest BCUT2D eigenvalue weighted by Crippen LogP contribution is 2.32. The number of hydrogen-bond donors (Lipinski definition) is 2. The largest absolute Gasteiger partial charge is 0.494 e. The summed E-state index contributed by atoms with van der Waals surface area (Å²) in [5.41, 5.74) is 7.86. The zero-order chi connectivity index (χ0) is 24.1. The van der Waals surface area contributed by atoms with Gasteiger partial charge in [-0.15, -0.1) is 0 Å². The van der Waals surface area contributed by atoms with Crippen molar-refractivity contribution in [3.63, 3.8) is 0 Å². The molecule has 4 rings (SSSR count). The van der Waals surface area contributed by atoms with E-state index in [1.807, 2.05) is 31.3 Å². The summed E-state index contributed by atoms with van der Waals surface area (Å²) in [5, 5.41) is 12.5. The molecule has 1 aliphatic rings. The van der Waals surface area contributed by atoms with Crippen molar-refractivity contribution >= 4 is 22.5 Å². The highest BCUT2D eigenvalue weighted by Gasteiger charge is 2.36. The lowest BCUT2D eigenvalue weighted by atomic mass is 9.91. The fourth-order valence-electron chi connectivity index (χ4n) is 4.61. The zero-order valence-electron chi connectivity index (χ0n) is 19.9. The van der Waals surface area contributed by atoms with E-state index >= 15 is 0 Å². The lowest BCUT2D eigenvalue weighted by molar-refractivity contribution is 0.0000605. The Hall–Kier alpha value is -3.23. The third-order valence-corrected chi connectivity index (χ3v) is 6.19. The zero-order valence-corrected chi connectivity index (χ0v) is 19.9. The van der Waals surface area contributed by atoms with Crippen LogP contribution in [0, 0.1) is 6.92 Å². The predicted octanol–water partition coefficient (Wildman–Crippen LogP) is 2.77. The number of ether oxygens (including phenoxy) is 1. The molecule has 0 aliphatic carbocycles. The number of nitrogens with two attached hydrogens (primary N) is 1. The number of likely N-dealkylation sites (N-methyl/N-ethyl adjacent to an activating group) is 1. The van der Waals surface area contributed by atoms with Gasteiger partial charge < -0.3 is 25.4 Å². The number of nitrogens with zero attached hydrogens (tertiary/aromatic N) is 4. The fourth-order valence-corrected chi connectivity index (χ4v) is 4.61. The van der Waals surface area contributed by atoms with Crippen LogP contribution in [0.5, 0.6) is 5.75 Å². The summed E-state index contributed by atoms with van der Waals surface area (Å²) in [6.07, 6.45) is 5.77. The van der Waals surface area contributed by atoms with Gasteiger partial charge in [-0.05, 0) is 63.1 Å². The number of aromatic nitrogens is 2. The van der Waals surface area contributed by atoms with E-state index in [1.165, 1.54) is 0 Å². The number of aryl methyl sites for hydroxylation is 1. The van der Waals surface area contributed by atoms with E-state index in [0.717, 1.165) is 41.7 Å². The predicted molar refractivity (Wildman–Crippen MR) is 133 cm³/mol. The van der Waals surface area contributed by atoms with Crippen molar-refractivity contribution in [2.75, 3.05) is 44.7 Å². The minimum atomic E-state index is -1.02. The molecule has 0 saturated carbocycles. The third kappa shape index (κ3) is 5.46. The normalized spacial score (nSPS) is 18.2. The van der Waals surface area contributed by atoms with Crippen LogP contribution in [0.15, 0.2) is 48.8 Å². The van der Waals surface area contributed by atoms with Crippen molar-refractivity contribution in [2.45, 2.75) is 31.8 Å². The third-order valence-electron chi connectivity index (χ3n) is 6.19. The first kappa shape index (κ1) is 23.9. The molecule has 1 aliphatic heterocycles. The van der Waals surface area contributed by atoms with Crippen molar-refractivity contribution in [1.82, 2.24) is 14.9 Å². The Kier molecular flexibility index (Phi) is 7.29. The molecule has 8 heteroatoms. The number of piperidine rings is 1. The van der Waals surface area contributed by atoms with Crippen LogP contribution >= 0.6 is 0 Å². The van der Waals surface area contributed by atoms with E-state index in [0.29, 0.717) is 37.4 Å². The first-order valence-electron chi connectivity index (χ1n) is 11.8. The van der Waals surface area contributed by atoms with Gasteiger partial charge in [-0.2, -0.15) is 0 Å². The number of carbonyl (C=O) groups is 1. The molecule has 2 aromatic heterocycles. The van der Waals surface area contributed by atoms with Crippen molar-refractivity contribution in [3.05, 3.63) is 60.0 Å². The number of anilines is 1. The molecule has 34 heavy (non-hydrogen) atoms. The molecule has 1 unspecified atom stereocenters. The number of pyridine rings is 2. The molecule has 1 fully saturated rings. The number of fused-ring (bicyclic) bond motifs is 1. The lowest BCUT2D eigenvalue weighted by Crippen LogP contribution is -2.54. The minimum absolute atomic E-state index is 0.149. The number of benzene rings is 1. The van der Waals surface area contributed by atoms with Crippen LogP contribution in [-0.2, 0) is 0 Å². The molecule has 1 saturated heterocycles. The van der Waals surface area contributed by atoms with Crippen LogP contribution in [0.25, 0.3) is 10.9 Å². The van der Waals surface area contributed by atoms with Gasteiger partial charge in [0.15, 0.2) is 0 Å². The summed E-state index contributed by atoms with van der Waals surface area (Å²) < 4.78 is 5.68. The van der Waals surface area contributed by atoms with Crippen molar-refractivity contribution in [2.24, 2.45) is 5.73 Å². The number of β-amino-alcohol motifs (C(OH)–C–C–N with tert-alkyl or cyclic N) is 1. The van der Waals surface area contributed by atoms with E-state index in [2.05, 4.69) is 14.9 Å². The van der Waals surface area contributed by atoms with Gasteiger partial charge in [-0.1, -0.05) is 6.07 Å². The van der Waals surface area contributed by atoms with Crippen LogP contribution in [0.1, 0.15) is 35.3 Å². The Bertz CT molecular complexity index is 1150. The monoisotopic (exact) mass is 463 g/mol. The summed E-state index contributed by atoms with van der Waals surface area (Å²) in [6.45, 7) is 4.54. The van der Waals surface area contributed by atoms with Gasteiger partial charge in [0.25, 0.3) is 5.91 Å². The Balaban J connectivity index is 1.48. The highest BCUT2D eigenvalue weighted by molar-refractivity contribution is 5.94. The molecule has 8 nitrogen and oxygen atoms in total. The summed E-state index contributed by atoms with van der Waals surface area (Å²) in [6, 6.07) is 11.1.